The zero-order valence-corrected chi connectivity index (χ0v) is 25.4. The van der Waals surface area contributed by atoms with Crippen LogP contribution in [0.1, 0.15) is 0 Å². The second-order valence-corrected chi connectivity index (χ2v) is 12.3. The van der Waals surface area contributed by atoms with Gasteiger partial charge in [-0.15, -0.1) is 0 Å². The molecule has 0 N–H and O–H groups in total. The number of hydrogen-bond acceptors (Lipinski definition) is 2. The molecule has 47 heavy (non-hydrogen) atoms. The van der Waals surface area contributed by atoms with Crippen LogP contribution in [0.2, 0.25) is 0 Å². The molecule has 0 aliphatic rings. The van der Waals surface area contributed by atoms with Gasteiger partial charge >= 0.3 is 0 Å². The normalized spacial score (nSPS) is 11.8. The minimum atomic E-state index is 0.922. The molecule has 0 aliphatic carbocycles. The lowest BCUT2D eigenvalue weighted by Crippen LogP contribution is -1.90. The minimum Gasteiger partial charge on any atom is -0.455 e. The first-order chi connectivity index (χ1) is 23.3. The van der Waals surface area contributed by atoms with Crippen molar-refractivity contribution in [1.29, 1.82) is 0 Å². The van der Waals surface area contributed by atoms with Crippen molar-refractivity contribution in [3.05, 3.63) is 164 Å². The number of rotatable bonds is 4. The summed E-state index contributed by atoms with van der Waals surface area (Å²) in [6.45, 7) is 0. The van der Waals surface area contributed by atoms with Crippen LogP contribution in [0.5, 0.6) is 0 Å². The fourth-order valence-corrected chi connectivity index (χ4v) is 7.49. The molecule has 0 amide bonds. The van der Waals surface area contributed by atoms with Crippen molar-refractivity contribution in [3.8, 4) is 44.5 Å². The Hall–Kier alpha value is -6.25. The molecule has 2 heteroatoms. The molecule has 2 heterocycles. The van der Waals surface area contributed by atoms with E-state index in [9.17, 15) is 0 Å². The second-order valence-electron chi connectivity index (χ2n) is 12.3. The van der Waals surface area contributed by atoms with E-state index in [0.29, 0.717) is 0 Å². The van der Waals surface area contributed by atoms with E-state index in [1.807, 2.05) is 24.5 Å². The molecule has 8 aromatic carbocycles. The Balaban J connectivity index is 1.08. The van der Waals surface area contributed by atoms with E-state index in [1.54, 1.807) is 0 Å². The van der Waals surface area contributed by atoms with E-state index in [1.165, 1.54) is 65.7 Å². The lowest BCUT2D eigenvalue weighted by molar-refractivity contribution is 0.670. The Kier molecular flexibility index (Phi) is 5.61. The van der Waals surface area contributed by atoms with Gasteiger partial charge in [0.1, 0.15) is 11.2 Å². The fraction of sp³-hybridized carbons (Fsp3) is 0. The van der Waals surface area contributed by atoms with E-state index in [0.717, 1.165) is 33.1 Å². The largest absolute Gasteiger partial charge is 0.455 e. The Morgan fingerprint density at radius 3 is 1.49 bits per heavy atom. The zero-order valence-electron chi connectivity index (χ0n) is 25.4. The van der Waals surface area contributed by atoms with Gasteiger partial charge in [0.15, 0.2) is 0 Å². The highest BCUT2D eigenvalue weighted by molar-refractivity contribution is 6.27. The summed E-state index contributed by atoms with van der Waals surface area (Å²) in [5.41, 5.74) is 11.4. The highest BCUT2D eigenvalue weighted by Crippen LogP contribution is 2.43. The van der Waals surface area contributed by atoms with Crippen LogP contribution in [-0.4, -0.2) is 4.98 Å². The number of pyridine rings is 1. The molecule has 0 bridgehead atoms. The van der Waals surface area contributed by atoms with Gasteiger partial charge < -0.3 is 4.42 Å². The molecule has 0 unspecified atom stereocenters. The molecule has 218 valence electrons. The fourth-order valence-electron chi connectivity index (χ4n) is 7.49. The van der Waals surface area contributed by atoms with Gasteiger partial charge in [0, 0.05) is 28.7 Å². The molecule has 0 saturated heterocycles. The van der Waals surface area contributed by atoms with Gasteiger partial charge in [-0.25, -0.2) is 0 Å². The SMILES string of the molecule is c1ccc2c(c1)oc1c(-c3ccc(-c4ccc5ccc6c(-c7ccc(-c8ccncc8)cc7)ccc7ccc4c5c76)cc3)cccc12. The van der Waals surface area contributed by atoms with Crippen molar-refractivity contribution in [2.45, 2.75) is 0 Å². The first kappa shape index (κ1) is 26.0. The summed E-state index contributed by atoms with van der Waals surface area (Å²) >= 11 is 0. The number of benzene rings is 8. The molecule has 2 aromatic heterocycles. The molecule has 0 saturated carbocycles. The quantitative estimate of drug-likeness (QED) is 0.189. The zero-order chi connectivity index (χ0) is 30.9. The third kappa shape index (κ3) is 4.02. The highest BCUT2D eigenvalue weighted by atomic mass is 16.3. The Morgan fingerprint density at radius 1 is 0.340 bits per heavy atom. The maximum atomic E-state index is 6.34. The third-order valence-electron chi connectivity index (χ3n) is 9.79. The van der Waals surface area contributed by atoms with E-state index in [-0.39, 0.29) is 0 Å². The summed E-state index contributed by atoms with van der Waals surface area (Å²) in [4.78, 5) is 4.17. The van der Waals surface area contributed by atoms with Crippen LogP contribution in [-0.2, 0) is 0 Å². The maximum Gasteiger partial charge on any atom is 0.143 e. The summed E-state index contributed by atoms with van der Waals surface area (Å²) in [6, 6.07) is 54.9. The number of fused-ring (bicyclic) bond motifs is 3. The van der Waals surface area contributed by atoms with Crippen molar-refractivity contribution in [2.24, 2.45) is 0 Å². The Labute approximate surface area is 271 Å². The Morgan fingerprint density at radius 2 is 0.851 bits per heavy atom. The molecule has 0 radical (unpaired) electrons. The second kappa shape index (κ2) is 10.1. The summed E-state index contributed by atoms with van der Waals surface area (Å²) in [6.07, 6.45) is 3.69. The monoisotopic (exact) mass is 597 g/mol. The molecule has 10 rings (SSSR count). The van der Waals surface area contributed by atoms with E-state index < -0.39 is 0 Å². The number of nitrogens with zero attached hydrogens (tertiary/aromatic N) is 1. The van der Waals surface area contributed by atoms with Crippen LogP contribution in [0.3, 0.4) is 0 Å². The lowest BCUT2D eigenvalue weighted by Gasteiger charge is -2.17. The maximum absolute atomic E-state index is 6.34. The molecule has 2 nitrogen and oxygen atoms in total. The van der Waals surface area contributed by atoms with Crippen LogP contribution in [0.15, 0.2) is 168 Å². The van der Waals surface area contributed by atoms with Crippen LogP contribution >= 0.6 is 0 Å². The molecular weight excluding hydrogens is 571 g/mol. The van der Waals surface area contributed by atoms with Crippen molar-refractivity contribution < 1.29 is 4.42 Å². The number of aromatic nitrogens is 1. The van der Waals surface area contributed by atoms with Crippen molar-refractivity contribution >= 4 is 54.3 Å². The summed E-state index contributed by atoms with van der Waals surface area (Å²) in [5.74, 6) is 0. The minimum absolute atomic E-state index is 0.922. The smallest absolute Gasteiger partial charge is 0.143 e. The molecular formula is C45H27NO. The van der Waals surface area contributed by atoms with Crippen LogP contribution < -0.4 is 0 Å². The number of hydrogen-bond donors (Lipinski definition) is 0. The molecule has 0 atom stereocenters. The summed E-state index contributed by atoms with van der Waals surface area (Å²) < 4.78 is 6.34. The van der Waals surface area contributed by atoms with Gasteiger partial charge in [-0.2, -0.15) is 0 Å². The molecule has 0 aliphatic heterocycles. The lowest BCUT2D eigenvalue weighted by atomic mass is 9.87. The predicted molar refractivity (Wildman–Crippen MR) is 197 cm³/mol. The van der Waals surface area contributed by atoms with Gasteiger partial charge in [0.05, 0.1) is 0 Å². The van der Waals surface area contributed by atoms with E-state index in [2.05, 4.69) is 145 Å². The van der Waals surface area contributed by atoms with E-state index >= 15 is 0 Å². The average molecular weight is 598 g/mol. The van der Waals surface area contributed by atoms with Crippen LogP contribution in [0.25, 0.3) is 98.8 Å². The van der Waals surface area contributed by atoms with E-state index in [4.69, 9.17) is 4.42 Å². The number of para-hydroxylation sites is 2. The Bertz CT molecular complexity index is 2760. The number of furan rings is 1. The van der Waals surface area contributed by atoms with Crippen LogP contribution in [0.4, 0.5) is 0 Å². The van der Waals surface area contributed by atoms with Gasteiger partial charge in [-0.1, -0.05) is 133 Å². The van der Waals surface area contributed by atoms with Gasteiger partial charge in [-0.05, 0) is 89.5 Å². The van der Waals surface area contributed by atoms with Gasteiger partial charge in [0.2, 0.25) is 0 Å². The first-order valence-corrected chi connectivity index (χ1v) is 16.0. The molecule has 0 spiro atoms. The van der Waals surface area contributed by atoms with Crippen molar-refractivity contribution in [1.82, 2.24) is 4.98 Å². The first-order valence-electron chi connectivity index (χ1n) is 16.0. The van der Waals surface area contributed by atoms with Crippen molar-refractivity contribution in [2.75, 3.05) is 0 Å². The topological polar surface area (TPSA) is 26.0 Å². The summed E-state index contributed by atoms with van der Waals surface area (Å²) in [5, 5.41) is 10.0. The third-order valence-corrected chi connectivity index (χ3v) is 9.79. The van der Waals surface area contributed by atoms with Crippen molar-refractivity contribution in [3.63, 3.8) is 0 Å². The van der Waals surface area contributed by atoms with Gasteiger partial charge in [-0.3, -0.25) is 4.98 Å². The van der Waals surface area contributed by atoms with Gasteiger partial charge in [0.25, 0.3) is 0 Å². The van der Waals surface area contributed by atoms with Crippen LogP contribution in [0, 0.1) is 0 Å². The summed E-state index contributed by atoms with van der Waals surface area (Å²) in [7, 11) is 0. The molecule has 10 aromatic rings. The highest BCUT2D eigenvalue weighted by Gasteiger charge is 2.16. The predicted octanol–water partition coefficient (Wildman–Crippen LogP) is 12.5. The average Bonchev–Trinajstić information content (AvgIpc) is 3.53. The standard InChI is InChI=1S/C45H27NO/c1-2-7-42-38(4-1)41-6-3-5-37(45(41)47-42)32-14-12-31(13-15-32)36-21-17-34-18-22-39-35(20-16-33-19-23-40(36)44(34)43(33)39)30-10-8-28(9-11-30)29-24-26-46-27-25-29/h1-27H. The molecule has 0 fully saturated rings.